The van der Waals surface area contributed by atoms with Gasteiger partial charge in [-0.05, 0) is 39.8 Å². The van der Waals surface area contributed by atoms with Gasteiger partial charge in [0.15, 0.2) is 17.2 Å². The van der Waals surface area contributed by atoms with E-state index < -0.39 is 5.82 Å². The molecule has 2 heterocycles. The highest BCUT2D eigenvalue weighted by Gasteiger charge is 2.21. The van der Waals surface area contributed by atoms with E-state index in [2.05, 4.69) is 10.4 Å². The molecule has 0 saturated heterocycles. The number of amides is 1. The summed E-state index contributed by atoms with van der Waals surface area (Å²) in [6.45, 7) is 8.11. The number of aromatic nitrogens is 2. The van der Waals surface area contributed by atoms with Gasteiger partial charge in [-0.2, -0.15) is 5.10 Å². The van der Waals surface area contributed by atoms with Gasteiger partial charge in [0.2, 0.25) is 0 Å². The zero-order valence-corrected chi connectivity index (χ0v) is 14.2. The van der Waals surface area contributed by atoms with Crippen LogP contribution in [0.25, 0.3) is 11.0 Å². The van der Waals surface area contributed by atoms with Gasteiger partial charge in [0, 0.05) is 22.7 Å². The summed E-state index contributed by atoms with van der Waals surface area (Å²) in [4.78, 5) is 12.5. The number of furan rings is 1. The third-order valence-corrected chi connectivity index (χ3v) is 4.05. The van der Waals surface area contributed by atoms with Crippen LogP contribution in [0.2, 0.25) is 0 Å². The topological polar surface area (TPSA) is 60.1 Å². The molecular weight excluding hydrogens is 309 g/mol. The number of hydrogen-bond donors (Lipinski definition) is 1. The highest BCUT2D eigenvalue weighted by Crippen LogP contribution is 2.27. The van der Waals surface area contributed by atoms with Crippen molar-refractivity contribution < 1.29 is 13.6 Å². The number of nitrogens with one attached hydrogen (secondary N) is 1. The van der Waals surface area contributed by atoms with Gasteiger partial charge >= 0.3 is 0 Å². The number of aryl methyl sites for hydroxylation is 3. The maximum absolute atomic E-state index is 13.8. The third kappa shape index (κ3) is 2.91. The molecule has 6 heteroatoms. The Bertz CT molecular complexity index is 911. The minimum atomic E-state index is -0.467. The van der Waals surface area contributed by atoms with Crippen LogP contribution in [0, 0.1) is 26.6 Å². The quantitative estimate of drug-likeness (QED) is 0.797. The molecule has 1 amide bonds. The van der Waals surface area contributed by atoms with Crippen molar-refractivity contribution in [1.82, 2.24) is 15.1 Å². The molecule has 24 heavy (non-hydrogen) atoms. The van der Waals surface area contributed by atoms with Crippen LogP contribution in [0.15, 0.2) is 28.7 Å². The van der Waals surface area contributed by atoms with Crippen LogP contribution in [0.3, 0.4) is 0 Å². The van der Waals surface area contributed by atoms with Crippen LogP contribution in [-0.2, 0) is 6.54 Å². The maximum Gasteiger partial charge on any atom is 0.287 e. The molecule has 0 saturated carbocycles. The molecule has 1 atom stereocenters. The molecule has 126 valence electrons. The largest absolute Gasteiger partial charge is 0.448 e. The van der Waals surface area contributed by atoms with Gasteiger partial charge in [0.1, 0.15) is 0 Å². The summed E-state index contributed by atoms with van der Waals surface area (Å²) >= 11 is 0. The molecule has 0 aliphatic carbocycles. The Balaban J connectivity index is 1.78. The lowest BCUT2D eigenvalue weighted by Crippen LogP contribution is -2.36. The molecule has 1 N–H and O–H groups in total. The second-order valence-electron chi connectivity index (χ2n) is 6.16. The monoisotopic (exact) mass is 329 g/mol. The molecule has 3 aromatic rings. The summed E-state index contributed by atoms with van der Waals surface area (Å²) in [7, 11) is 0. The summed E-state index contributed by atoms with van der Waals surface area (Å²) in [5, 5.41) is 7.89. The Morgan fingerprint density at radius 2 is 2.12 bits per heavy atom. The van der Waals surface area contributed by atoms with E-state index in [0.717, 1.165) is 11.4 Å². The molecule has 5 nitrogen and oxygen atoms in total. The van der Waals surface area contributed by atoms with E-state index in [4.69, 9.17) is 4.42 Å². The Labute approximate surface area is 139 Å². The van der Waals surface area contributed by atoms with Crippen LogP contribution in [-0.4, -0.2) is 21.7 Å². The first kappa shape index (κ1) is 16.2. The molecule has 0 aliphatic rings. The number of para-hydroxylation sites is 1. The van der Waals surface area contributed by atoms with E-state index in [1.807, 2.05) is 31.5 Å². The van der Waals surface area contributed by atoms with Crippen molar-refractivity contribution in [2.75, 3.05) is 0 Å². The summed E-state index contributed by atoms with van der Waals surface area (Å²) < 4.78 is 21.1. The van der Waals surface area contributed by atoms with Gasteiger partial charge in [-0.3, -0.25) is 9.48 Å². The van der Waals surface area contributed by atoms with Gasteiger partial charge < -0.3 is 9.73 Å². The number of hydrogen-bond acceptors (Lipinski definition) is 3. The van der Waals surface area contributed by atoms with Crippen molar-refractivity contribution >= 4 is 16.9 Å². The lowest BCUT2D eigenvalue weighted by molar-refractivity contribution is 0.0909. The van der Waals surface area contributed by atoms with Crippen molar-refractivity contribution in [2.24, 2.45) is 0 Å². The van der Waals surface area contributed by atoms with E-state index in [1.54, 1.807) is 19.1 Å². The summed E-state index contributed by atoms with van der Waals surface area (Å²) in [6.07, 6.45) is 0. The lowest BCUT2D eigenvalue weighted by atomic mass is 10.1. The number of nitrogens with zero attached hydrogens (tertiary/aromatic N) is 2. The van der Waals surface area contributed by atoms with Crippen molar-refractivity contribution in [3.63, 3.8) is 0 Å². The van der Waals surface area contributed by atoms with Gasteiger partial charge in [-0.1, -0.05) is 12.1 Å². The fraction of sp³-hybridized carbons (Fsp3) is 0.333. The van der Waals surface area contributed by atoms with Gasteiger partial charge in [-0.25, -0.2) is 4.39 Å². The molecule has 0 bridgehead atoms. The molecule has 2 aromatic heterocycles. The Kier molecular flexibility index (Phi) is 4.13. The highest BCUT2D eigenvalue weighted by atomic mass is 19.1. The Hall–Kier alpha value is -2.63. The van der Waals surface area contributed by atoms with Crippen molar-refractivity contribution in [3.05, 3.63) is 52.8 Å². The third-order valence-electron chi connectivity index (χ3n) is 4.05. The normalized spacial score (nSPS) is 12.5. The van der Waals surface area contributed by atoms with E-state index >= 15 is 0 Å². The predicted octanol–water partition coefficient (Wildman–Crippen LogP) is 3.51. The van der Waals surface area contributed by atoms with Crippen LogP contribution in [0.5, 0.6) is 0 Å². The first-order valence-electron chi connectivity index (χ1n) is 7.86. The number of rotatable bonds is 4. The summed E-state index contributed by atoms with van der Waals surface area (Å²) in [5.74, 6) is -0.669. The van der Waals surface area contributed by atoms with Crippen LogP contribution >= 0.6 is 0 Å². The zero-order chi connectivity index (χ0) is 17.4. The summed E-state index contributed by atoms with van der Waals surface area (Å²) in [5.41, 5.74) is 2.73. The first-order chi connectivity index (χ1) is 11.4. The van der Waals surface area contributed by atoms with E-state index in [0.29, 0.717) is 17.5 Å². The number of halogens is 1. The number of benzene rings is 1. The predicted molar refractivity (Wildman–Crippen MR) is 89.5 cm³/mol. The molecule has 0 spiro atoms. The molecule has 3 rings (SSSR count). The first-order valence-corrected chi connectivity index (χ1v) is 7.86. The molecule has 0 fully saturated rings. The number of fused-ring (bicyclic) bond motifs is 1. The SMILES string of the molecule is Cc1cc(C)n(CC(C)NC(=O)c2oc3c(F)cccc3c2C)n1. The molecule has 0 radical (unpaired) electrons. The Morgan fingerprint density at radius 3 is 2.75 bits per heavy atom. The molecule has 1 unspecified atom stereocenters. The van der Waals surface area contributed by atoms with E-state index in [1.165, 1.54) is 6.07 Å². The zero-order valence-electron chi connectivity index (χ0n) is 14.2. The van der Waals surface area contributed by atoms with Crippen molar-refractivity contribution in [2.45, 2.75) is 40.3 Å². The minimum Gasteiger partial charge on any atom is -0.448 e. The van der Waals surface area contributed by atoms with Crippen LogP contribution in [0.4, 0.5) is 4.39 Å². The molecular formula is C18H20FN3O2. The highest BCUT2D eigenvalue weighted by molar-refractivity contribution is 5.99. The lowest BCUT2D eigenvalue weighted by Gasteiger charge is -2.14. The standard InChI is InChI=1S/C18H20FN3O2/c1-10-8-12(3)22(21-10)9-11(2)20-18(23)16-13(4)14-6-5-7-15(19)17(14)24-16/h5-8,11H,9H2,1-4H3,(H,20,23). The van der Waals surface area contributed by atoms with E-state index in [9.17, 15) is 9.18 Å². The average Bonchev–Trinajstić information content (AvgIpc) is 3.00. The average molecular weight is 329 g/mol. The minimum absolute atomic E-state index is 0.117. The van der Waals surface area contributed by atoms with Crippen molar-refractivity contribution in [3.8, 4) is 0 Å². The van der Waals surface area contributed by atoms with Crippen LogP contribution in [0.1, 0.15) is 34.4 Å². The maximum atomic E-state index is 13.8. The Morgan fingerprint density at radius 1 is 1.38 bits per heavy atom. The smallest absolute Gasteiger partial charge is 0.287 e. The van der Waals surface area contributed by atoms with Gasteiger partial charge in [0.25, 0.3) is 5.91 Å². The molecule has 1 aromatic carbocycles. The second kappa shape index (κ2) is 6.11. The molecule has 0 aliphatic heterocycles. The fourth-order valence-corrected chi connectivity index (χ4v) is 2.88. The summed E-state index contributed by atoms with van der Waals surface area (Å²) in [6, 6.07) is 6.51. The van der Waals surface area contributed by atoms with E-state index in [-0.39, 0.29) is 23.3 Å². The van der Waals surface area contributed by atoms with Crippen molar-refractivity contribution in [1.29, 1.82) is 0 Å². The van der Waals surface area contributed by atoms with Crippen LogP contribution < -0.4 is 5.32 Å². The second-order valence-corrected chi connectivity index (χ2v) is 6.16. The van der Waals surface area contributed by atoms with Gasteiger partial charge in [0.05, 0.1) is 12.2 Å². The number of carbonyl (C=O) groups excluding carboxylic acids is 1. The fourth-order valence-electron chi connectivity index (χ4n) is 2.88. The van der Waals surface area contributed by atoms with Gasteiger partial charge in [-0.15, -0.1) is 0 Å². The number of carbonyl (C=O) groups is 1.